The van der Waals surface area contributed by atoms with Crippen LogP contribution in [-0.2, 0) is 17.9 Å². The molecule has 0 bridgehead atoms. The minimum atomic E-state index is 0.0659. The van der Waals surface area contributed by atoms with E-state index in [0.717, 1.165) is 62.1 Å². The number of allylic oxidation sites excluding steroid dienone is 2. The highest BCUT2D eigenvalue weighted by Crippen LogP contribution is 2.33. The summed E-state index contributed by atoms with van der Waals surface area (Å²) in [6.45, 7) is 4.80. The summed E-state index contributed by atoms with van der Waals surface area (Å²) in [7, 11) is 0. The number of aromatic nitrogens is 1. The number of hydrogen-bond acceptors (Lipinski definition) is 3. The van der Waals surface area contributed by atoms with Crippen LogP contribution in [0.25, 0.3) is 0 Å². The Labute approximate surface area is 190 Å². The van der Waals surface area contributed by atoms with Gasteiger partial charge in [0.25, 0.3) is 5.91 Å². The van der Waals surface area contributed by atoms with Crippen molar-refractivity contribution in [2.75, 3.05) is 13.1 Å². The topological polar surface area (TPSA) is 53.5 Å². The molecule has 0 saturated carbocycles. The number of carbonyl (C=O) groups is 2. The van der Waals surface area contributed by atoms with Gasteiger partial charge in [0.2, 0.25) is 5.91 Å². The highest BCUT2D eigenvalue weighted by molar-refractivity contribution is 5.95. The van der Waals surface area contributed by atoms with E-state index in [1.54, 1.807) is 0 Å². The number of carbonyl (C=O) groups excluding carboxylic acids is 2. The van der Waals surface area contributed by atoms with Crippen LogP contribution in [0.1, 0.15) is 70.9 Å². The van der Waals surface area contributed by atoms with Crippen molar-refractivity contribution in [2.45, 2.75) is 58.0 Å². The number of aryl methyl sites for hydroxylation is 1. The fourth-order valence-electron chi connectivity index (χ4n) is 5.37. The smallest absolute Gasteiger partial charge is 0.256 e. The zero-order valence-electron chi connectivity index (χ0n) is 18.8. The van der Waals surface area contributed by atoms with Crippen molar-refractivity contribution in [1.82, 2.24) is 14.8 Å². The highest BCUT2D eigenvalue weighted by Gasteiger charge is 2.32. The standard InChI is InChI=1S/C27H31N3O2/c1-19-11-12-24(27(32)30-17-22-9-5-6-10-23(22)18-30)25(28-19)20-13-15-29(16-14-20)26(31)21-7-3-2-4-8-21/h2-3,5-6,9-12,20-21H,4,7-8,13-18H2,1H3. The monoisotopic (exact) mass is 429 g/mol. The van der Waals surface area contributed by atoms with Crippen molar-refractivity contribution in [3.63, 3.8) is 0 Å². The summed E-state index contributed by atoms with van der Waals surface area (Å²) in [4.78, 5) is 35.2. The minimum absolute atomic E-state index is 0.0659. The fraction of sp³-hybridized carbons (Fsp3) is 0.444. The molecule has 2 aliphatic heterocycles. The van der Waals surface area contributed by atoms with Crippen LogP contribution in [0.2, 0.25) is 0 Å². The molecule has 1 aliphatic carbocycles. The second-order valence-corrected chi connectivity index (χ2v) is 9.40. The first-order chi connectivity index (χ1) is 15.6. The van der Waals surface area contributed by atoms with Crippen LogP contribution in [0.5, 0.6) is 0 Å². The Bertz CT molecular complexity index is 1030. The Morgan fingerprint density at radius 2 is 1.62 bits per heavy atom. The molecule has 166 valence electrons. The Balaban J connectivity index is 1.30. The lowest BCUT2D eigenvalue weighted by atomic mass is 9.88. The van der Waals surface area contributed by atoms with Crippen molar-refractivity contribution in [3.8, 4) is 0 Å². The van der Waals surface area contributed by atoms with E-state index < -0.39 is 0 Å². The van der Waals surface area contributed by atoms with Gasteiger partial charge < -0.3 is 9.80 Å². The van der Waals surface area contributed by atoms with E-state index >= 15 is 0 Å². The van der Waals surface area contributed by atoms with Crippen molar-refractivity contribution < 1.29 is 9.59 Å². The number of fused-ring (bicyclic) bond motifs is 1. The molecule has 0 N–H and O–H groups in total. The fourth-order valence-corrected chi connectivity index (χ4v) is 5.37. The van der Waals surface area contributed by atoms with Crippen molar-refractivity contribution in [1.29, 1.82) is 0 Å². The van der Waals surface area contributed by atoms with E-state index in [1.165, 1.54) is 11.1 Å². The van der Waals surface area contributed by atoms with Crippen molar-refractivity contribution in [2.24, 2.45) is 5.92 Å². The summed E-state index contributed by atoms with van der Waals surface area (Å²) < 4.78 is 0. The average Bonchev–Trinajstić information content (AvgIpc) is 3.28. The quantitative estimate of drug-likeness (QED) is 0.670. The first-order valence-corrected chi connectivity index (χ1v) is 11.9. The summed E-state index contributed by atoms with van der Waals surface area (Å²) in [6.07, 6.45) is 8.89. The van der Waals surface area contributed by atoms with Gasteiger partial charge in [-0.1, -0.05) is 36.4 Å². The number of pyridine rings is 1. The third-order valence-electron chi connectivity index (χ3n) is 7.23. The first-order valence-electron chi connectivity index (χ1n) is 11.9. The predicted octanol–water partition coefficient (Wildman–Crippen LogP) is 4.61. The van der Waals surface area contributed by atoms with Crippen LogP contribution in [-0.4, -0.2) is 39.7 Å². The number of amides is 2. The highest BCUT2D eigenvalue weighted by atomic mass is 16.2. The van der Waals surface area contributed by atoms with Gasteiger partial charge in [0.15, 0.2) is 0 Å². The van der Waals surface area contributed by atoms with E-state index in [4.69, 9.17) is 4.98 Å². The first kappa shape index (κ1) is 20.9. The van der Waals surface area contributed by atoms with Gasteiger partial charge in [-0.2, -0.15) is 0 Å². The molecule has 1 saturated heterocycles. The molecule has 5 nitrogen and oxygen atoms in total. The molecule has 2 amide bonds. The van der Waals surface area contributed by atoms with Gasteiger partial charge in [-0.25, -0.2) is 0 Å². The molecular formula is C27H31N3O2. The summed E-state index contributed by atoms with van der Waals surface area (Å²) in [6, 6.07) is 12.2. The molecule has 0 spiro atoms. The molecule has 1 unspecified atom stereocenters. The van der Waals surface area contributed by atoms with Gasteiger partial charge in [-0.3, -0.25) is 14.6 Å². The van der Waals surface area contributed by atoms with Crippen LogP contribution in [0, 0.1) is 12.8 Å². The van der Waals surface area contributed by atoms with E-state index in [9.17, 15) is 9.59 Å². The number of rotatable bonds is 3. The summed E-state index contributed by atoms with van der Waals surface area (Å²) in [5.74, 6) is 0.726. The molecule has 1 aromatic carbocycles. The van der Waals surface area contributed by atoms with Gasteiger partial charge in [-0.05, 0) is 62.3 Å². The third kappa shape index (κ3) is 4.08. The second kappa shape index (κ2) is 8.89. The number of benzene rings is 1. The number of piperidine rings is 1. The molecule has 5 rings (SSSR count). The SMILES string of the molecule is Cc1ccc(C(=O)N2Cc3ccccc3C2)c(C2CCN(C(=O)C3CC=CCC3)CC2)n1. The number of hydrogen-bond donors (Lipinski definition) is 0. The van der Waals surface area contributed by atoms with Crippen LogP contribution >= 0.6 is 0 Å². The lowest BCUT2D eigenvalue weighted by Gasteiger charge is -2.35. The molecule has 0 radical (unpaired) electrons. The van der Waals surface area contributed by atoms with E-state index in [-0.39, 0.29) is 17.7 Å². The van der Waals surface area contributed by atoms with Crippen molar-refractivity contribution >= 4 is 11.8 Å². The molecule has 1 atom stereocenters. The zero-order valence-corrected chi connectivity index (χ0v) is 18.8. The number of nitrogens with zero attached hydrogens (tertiary/aromatic N) is 3. The lowest BCUT2D eigenvalue weighted by Crippen LogP contribution is -2.42. The molecule has 3 heterocycles. The van der Waals surface area contributed by atoms with E-state index in [0.29, 0.717) is 19.0 Å². The molecule has 5 heteroatoms. The molecule has 1 fully saturated rings. The normalized spacial score (nSPS) is 21.0. The Hall–Kier alpha value is -2.95. The molecule has 2 aromatic rings. The van der Waals surface area contributed by atoms with E-state index in [1.807, 2.05) is 41.0 Å². The summed E-state index contributed by atoms with van der Waals surface area (Å²) >= 11 is 0. The van der Waals surface area contributed by atoms with Crippen molar-refractivity contribution in [3.05, 3.63) is 76.6 Å². The van der Waals surface area contributed by atoms with Gasteiger partial charge in [0, 0.05) is 43.7 Å². The van der Waals surface area contributed by atoms with Crippen LogP contribution in [0.3, 0.4) is 0 Å². The van der Waals surface area contributed by atoms with Crippen LogP contribution < -0.4 is 0 Å². The average molecular weight is 430 g/mol. The largest absolute Gasteiger partial charge is 0.342 e. The minimum Gasteiger partial charge on any atom is -0.342 e. The second-order valence-electron chi connectivity index (χ2n) is 9.40. The van der Waals surface area contributed by atoms with E-state index in [2.05, 4.69) is 24.3 Å². The third-order valence-corrected chi connectivity index (χ3v) is 7.23. The molecule has 3 aliphatic rings. The maximum Gasteiger partial charge on any atom is 0.256 e. The Kier molecular flexibility index (Phi) is 5.81. The lowest BCUT2D eigenvalue weighted by molar-refractivity contribution is -0.136. The van der Waals surface area contributed by atoms with Crippen LogP contribution in [0.15, 0.2) is 48.6 Å². The molecular weight excluding hydrogens is 398 g/mol. The Morgan fingerprint density at radius 1 is 0.906 bits per heavy atom. The van der Waals surface area contributed by atoms with Gasteiger partial charge in [-0.15, -0.1) is 0 Å². The molecule has 32 heavy (non-hydrogen) atoms. The molecule has 1 aromatic heterocycles. The maximum atomic E-state index is 13.5. The summed E-state index contributed by atoms with van der Waals surface area (Å²) in [5, 5.41) is 0. The van der Waals surface area contributed by atoms with Gasteiger partial charge in [0.05, 0.1) is 11.3 Å². The van der Waals surface area contributed by atoms with Gasteiger partial charge in [0.1, 0.15) is 0 Å². The Morgan fingerprint density at radius 3 is 2.28 bits per heavy atom. The summed E-state index contributed by atoms with van der Waals surface area (Å²) in [5.41, 5.74) is 5.04. The zero-order chi connectivity index (χ0) is 22.1. The van der Waals surface area contributed by atoms with Gasteiger partial charge >= 0.3 is 0 Å². The van der Waals surface area contributed by atoms with Crippen LogP contribution in [0.4, 0.5) is 0 Å². The maximum absolute atomic E-state index is 13.5. The predicted molar refractivity (Wildman–Crippen MR) is 124 cm³/mol. The number of likely N-dealkylation sites (tertiary alicyclic amines) is 1.